The average molecular weight is 378 g/mol. The van der Waals surface area contributed by atoms with Crippen LogP contribution in [0.3, 0.4) is 0 Å². The molecular weight excluding hydrogens is 352 g/mol. The lowest BCUT2D eigenvalue weighted by atomic mass is 9.91. The van der Waals surface area contributed by atoms with Crippen molar-refractivity contribution in [3.8, 4) is 0 Å². The molecule has 1 aliphatic carbocycles. The van der Waals surface area contributed by atoms with Crippen molar-refractivity contribution in [2.24, 2.45) is 5.92 Å². The highest BCUT2D eigenvalue weighted by molar-refractivity contribution is 7.12. The Hall–Kier alpha value is -1.73. The van der Waals surface area contributed by atoms with E-state index in [4.69, 9.17) is 4.74 Å². The maximum atomic E-state index is 13.0. The predicted molar refractivity (Wildman–Crippen MR) is 99.1 cm³/mol. The Morgan fingerprint density at radius 1 is 1.38 bits per heavy atom. The first-order valence-corrected chi connectivity index (χ1v) is 10.1. The molecule has 1 saturated carbocycles. The molecule has 3 atom stereocenters. The van der Waals surface area contributed by atoms with Crippen molar-refractivity contribution in [1.29, 1.82) is 0 Å². The van der Waals surface area contributed by atoms with Crippen LogP contribution in [-0.2, 0) is 14.3 Å². The lowest BCUT2D eigenvalue weighted by Crippen LogP contribution is -2.60. The third-order valence-electron chi connectivity index (χ3n) is 5.65. The van der Waals surface area contributed by atoms with Gasteiger partial charge in [-0.3, -0.25) is 14.4 Å². The first-order valence-electron chi connectivity index (χ1n) is 9.21. The lowest BCUT2D eigenvalue weighted by molar-refractivity contribution is -0.131. The molecule has 1 aromatic heterocycles. The van der Waals surface area contributed by atoms with E-state index in [1.807, 2.05) is 11.4 Å². The second-order valence-electron chi connectivity index (χ2n) is 7.46. The van der Waals surface area contributed by atoms with Crippen LogP contribution >= 0.6 is 11.3 Å². The van der Waals surface area contributed by atoms with Gasteiger partial charge in [0.15, 0.2) is 5.78 Å². The number of ether oxygens (including phenoxy) is 1. The normalized spacial score (nSPS) is 27.5. The summed E-state index contributed by atoms with van der Waals surface area (Å²) in [7, 11) is 0. The van der Waals surface area contributed by atoms with Crippen LogP contribution in [0.25, 0.3) is 0 Å². The summed E-state index contributed by atoms with van der Waals surface area (Å²) in [6, 6.07) is 2.90. The minimum Gasteiger partial charge on any atom is -0.368 e. The molecule has 2 aliphatic rings. The number of rotatable bonds is 6. The van der Waals surface area contributed by atoms with Crippen LogP contribution in [0.15, 0.2) is 17.5 Å². The number of hydrogen-bond acceptors (Lipinski definition) is 5. The molecule has 1 aromatic rings. The monoisotopic (exact) mass is 378 g/mol. The zero-order valence-electron chi connectivity index (χ0n) is 15.2. The summed E-state index contributed by atoms with van der Waals surface area (Å²) in [5.41, 5.74) is -1.04. The quantitative estimate of drug-likeness (QED) is 0.795. The highest BCUT2D eigenvalue weighted by Crippen LogP contribution is 2.29. The minimum atomic E-state index is -1.04. The second kappa shape index (κ2) is 7.88. The molecule has 7 heteroatoms. The van der Waals surface area contributed by atoms with Crippen LogP contribution in [0.1, 0.15) is 55.6 Å². The summed E-state index contributed by atoms with van der Waals surface area (Å²) < 4.78 is 5.38. The van der Waals surface area contributed by atoms with Gasteiger partial charge in [-0.15, -0.1) is 11.3 Å². The fourth-order valence-corrected chi connectivity index (χ4v) is 4.33. The maximum absolute atomic E-state index is 13.0. The first-order chi connectivity index (χ1) is 12.4. The lowest BCUT2D eigenvalue weighted by Gasteiger charge is -2.30. The van der Waals surface area contributed by atoms with E-state index in [1.54, 1.807) is 19.9 Å². The van der Waals surface area contributed by atoms with Gasteiger partial charge in [-0.2, -0.15) is 0 Å². The molecule has 2 amide bonds. The molecule has 2 fully saturated rings. The van der Waals surface area contributed by atoms with Gasteiger partial charge in [0.25, 0.3) is 5.91 Å². The van der Waals surface area contributed by atoms with Crippen LogP contribution in [0.5, 0.6) is 0 Å². The summed E-state index contributed by atoms with van der Waals surface area (Å²) in [6.07, 6.45) is 4.70. The number of ketones is 1. The van der Waals surface area contributed by atoms with Gasteiger partial charge in [-0.05, 0) is 37.6 Å². The van der Waals surface area contributed by atoms with Crippen LogP contribution in [0.4, 0.5) is 0 Å². The van der Waals surface area contributed by atoms with Crippen LogP contribution in [0.2, 0.25) is 0 Å². The van der Waals surface area contributed by atoms with Gasteiger partial charge in [-0.1, -0.05) is 31.7 Å². The number of carbonyl (C=O) groups is 3. The third kappa shape index (κ3) is 3.99. The van der Waals surface area contributed by atoms with E-state index in [0.717, 1.165) is 12.8 Å². The fraction of sp³-hybridized carbons (Fsp3) is 0.632. The van der Waals surface area contributed by atoms with Crippen molar-refractivity contribution in [3.63, 3.8) is 0 Å². The number of nitrogens with one attached hydrogen (secondary N) is 2. The Balaban J connectivity index is 1.72. The Labute approximate surface area is 157 Å². The van der Waals surface area contributed by atoms with E-state index in [9.17, 15) is 14.4 Å². The number of amides is 2. The summed E-state index contributed by atoms with van der Waals surface area (Å²) in [4.78, 5) is 38.2. The van der Waals surface area contributed by atoms with E-state index in [0.29, 0.717) is 17.2 Å². The van der Waals surface area contributed by atoms with Gasteiger partial charge in [-0.25, -0.2) is 0 Å². The van der Waals surface area contributed by atoms with E-state index < -0.39 is 11.6 Å². The SMILES string of the molecule is CC1OCC(=O)C1(C)NC(=O)C(CC1CCCC1)NC(=O)c1cccs1. The van der Waals surface area contributed by atoms with Crippen molar-refractivity contribution >= 4 is 28.9 Å². The maximum Gasteiger partial charge on any atom is 0.261 e. The topological polar surface area (TPSA) is 84.5 Å². The van der Waals surface area contributed by atoms with Gasteiger partial charge in [0.2, 0.25) is 5.91 Å². The second-order valence-corrected chi connectivity index (χ2v) is 8.41. The van der Waals surface area contributed by atoms with Crippen LogP contribution < -0.4 is 10.6 Å². The molecular formula is C19H26N2O4S. The highest BCUT2D eigenvalue weighted by Gasteiger charge is 2.47. The molecule has 3 unspecified atom stereocenters. The van der Waals surface area contributed by atoms with E-state index >= 15 is 0 Å². The molecule has 0 spiro atoms. The zero-order valence-corrected chi connectivity index (χ0v) is 16.1. The van der Waals surface area contributed by atoms with E-state index in [2.05, 4.69) is 10.6 Å². The Morgan fingerprint density at radius 3 is 2.69 bits per heavy atom. The van der Waals surface area contributed by atoms with Crippen LogP contribution in [0, 0.1) is 5.92 Å². The summed E-state index contributed by atoms with van der Waals surface area (Å²) in [6.45, 7) is 3.48. The largest absolute Gasteiger partial charge is 0.368 e. The molecule has 2 heterocycles. The smallest absolute Gasteiger partial charge is 0.261 e. The van der Waals surface area contributed by atoms with Crippen molar-refractivity contribution in [2.45, 2.75) is 63.6 Å². The molecule has 2 N–H and O–H groups in total. The zero-order chi connectivity index (χ0) is 18.7. The summed E-state index contributed by atoms with van der Waals surface area (Å²) in [5.74, 6) is -0.266. The van der Waals surface area contributed by atoms with Crippen LogP contribution in [-0.4, -0.2) is 41.9 Å². The molecule has 3 rings (SSSR count). The average Bonchev–Trinajstić information content (AvgIpc) is 3.34. The van der Waals surface area contributed by atoms with Crippen molar-refractivity contribution in [2.75, 3.05) is 6.61 Å². The van der Waals surface area contributed by atoms with E-state index in [-0.39, 0.29) is 30.3 Å². The van der Waals surface area contributed by atoms with Gasteiger partial charge < -0.3 is 15.4 Å². The van der Waals surface area contributed by atoms with Gasteiger partial charge in [0.05, 0.1) is 11.0 Å². The highest BCUT2D eigenvalue weighted by atomic mass is 32.1. The Morgan fingerprint density at radius 2 is 2.12 bits per heavy atom. The van der Waals surface area contributed by atoms with Crippen molar-refractivity contribution < 1.29 is 19.1 Å². The van der Waals surface area contributed by atoms with E-state index in [1.165, 1.54) is 24.2 Å². The van der Waals surface area contributed by atoms with Gasteiger partial charge >= 0.3 is 0 Å². The number of hydrogen-bond donors (Lipinski definition) is 2. The molecule has 1 aliphatic heterocycles. The molecule has 142 valence electrons. The molecule has 26 heavy (non-hydrogen) atoms. The van der Waals surface area contributed by atoms with Gasteiger partial charge in [0.1, 0.15) is 18.2 Å². The molecule has 0 radical (unpaired) electrons. The van der Waals surface area contributed by atoms with Crippen molar-refractivity contribution in [1.82, 2.24) is 10.6 Å². The molecule has 0 bridgehead atoms. The summed E-state index contributed by atoms with van der Waals surface area (Å²) >= 11 is 1.34. The molecule has 6 nitrogen and oxygen atoms in total. The molecule has 0 aromatic carbocycles. The van der Waals surface area contributed by atoms with Gasteiger partial charge in [0, 0.05) is 0 Å². The first kappa shape index (κ1) is 19.0. The Kier molecular flexibility index (Phi) is 5.77. The number of thiophene rings is 1. The standard InChI is InChI=1S/C19H26N2O4S/c1-12-19(2,16(22)11-25-12)21-17(23)14(10-13-6-3-4-7-13)20-18(24)15-8-5-9-26-15/h5,8-9,12-14H,3-4,6-7,10-11H2,1-2H3,(H,20,24)(H,21,23). The summed E-state index contributed by atoms with van der Waals surface area (Å²) in [5, 5.41) is 7.56. The number of carbonyl (C=O) groups excluding carboxylic acids is 3. The predicted octanol–water partition coefficient (Wildman–Crippen LogP) is 2.29. The Bertz CT molecular complexity index is 669. The number of Topliss-reactive ketones (excluding diaryl/α,β-unsaturated/α-hetero) is 1. The minimum absolute atomic E-state index is 0.00674. The molecule has 1 saturated heterocycles. The van der Waals surface area contributed by atoms with Crippen molar-refractivity contribution in [3.05, 3.63) is 22.4 Å². The fourth-order valence-electron chi connectivity index (χ4n) is 3.71. The third-order valence-corrected chi connectivity index (χ3v) is 6.52.